The summed E-state index contributed by atoms with van der Waals surface area (Å²) in [6.45, 7) is 0. The maximum Gasteiger partial charge on any atom is 0.134 e. The average molecular weight is 228 g/mol. The molecule has 0 fully saturated rings. The fourth-order valence-electron chi connectivity index (χ4n) is 1.58. The highest BCUT2D eigenvalue weighted by atomic mass is 16.3. The average Bonchev–Trinajstić information content (AvgIpc) is 2.81. The first-order chi connectivity index (χ1) is 8.09. The van der Waals surface area contributed by atoms with Gasteiger partial charge in [0, 0.05) is 16.7 Å². The molecule has 6 N–H and O–H groups in total. The van der Waals surface area contributed by atoms with Crippen LogP contribution in [0.4, 0.5) is 0 Å². The molecule has 1 aromatic carbocycles. The van der Waals surface area contributed by atoms with Gasteiger partial charge in [-0.15, -0.1) is 0 Å². The Bertz CT molecular complexity index is 572. The van der Waals surface area contributed by atoms with E-state index in [0.717, 1.165) is 0 Å². The minimum atomic E-state index is -0.0838. The van der Waals surface area contributed by atoms with Gasteiger partial charge in [-0.3, -0.25) is 10.8 Å². The monoisotopic (exact) mass is 228 g/mol. The molecule has 0 spiro atoms. The summed E-state index contributed by atoms with van der Waals surface area (Å²) in [7, 11) is 0. The minimum absolute atomic E-state index is 0.0569. The fraction of sp³-hybridized carbons (Fsp3) is 0. The second-order valence-electron chi connectivity index (χ2n) is 3.57. The number of furan rings is 1. The van der Waals surface area contributed by atoms with E-state index in [1.54, 1.807) is 36.6 Å². The van der Waals surface area contributed by atoms with Gasteiger partial charge >= 0.3 is 0 Å². The highest BCUT2D eigenvalue weighted by Gasteiger charge is 2.11. The van der Waals surface area contributed by atoms with Crippen molar-refractivity contribution in [2.45, 2.75) is 0 Å². The third-order valence-electron chi connectivity index (χ3n) is 2.41. The maximum absolute atomic E-state index is 7.54. The van der Waals surface area contributed by atoms with Crippen LogP contribution in [0.25, 0.3) is 11.3 Å². The molecule has 0 radical (unpaired) electrons. The maximum atomic E-state index is 7.54. The van der Waals surface area contributed by atoms with E-state index in [2.05, 4.69) is 0 Å². The zero-order chi connectivity index (χ0) is 12.4. The number of nitrogen functional groups attached to an aromatic ring is 2. The predicted molar refractivity (Wildman–Crippen MR) is 66.2 cm³/mol. The van der Waals surface area contributed by atoms with Gasteiger partial charge < -0.3 is 15.9 Å². The molecule has 86 valence electrons. The molecule has 1 heterocycles. The number of hydrogen-bond acceptors (Lipinski definition) is 3. The van der Waals surface area contributed by atoms with E-state index in [0.29, 0.717) is 22.5 Å². The van der Waals surface area contributed by atoms with Crippen LogP contribution in [0.5, 0.6) is 0 Å². The lowest BCUT2D eigenvalue weighted by Crippen LogP contribution is -2.16. The van der Waals surface area contributed by atoms with Crippen LogP contribution in [0, 0.1) is 10.8 Å². The van der Waals surface area contributed by atoms with Crippen LogP contribution in [0.15, 0.2) is 41.0 Å². The largest absolute Gasteiger partial charge is 0.464 e. The summed E-state index contributed by atoms with van der Waals surface area (Å²) in [4.78, 5) is 0. The Hall–Kier alpha value is -2.56. The molecule has 5 nitrogen and oxygen atoms in total. The van der Waals surface area contributed by atoms with E-state index < -0.39 is 0 Å². The van der Waals surface area contributed by atoms with Crippen molar-refractivity contribution in [3.8, 4) is 11.3 Å². The molecule has 0 aliphatic carbocycles. The van der Waals surface area contributed by atoms with Crippen molar-refractivity contribution in [3.63, 3.8) is 0 Å². The minimum Gasteiger partial charge on any atom is -0.464 e. The van der Waals surface area contributed by atoms with Gasteiger partial charge in [0.15, 0.2) is 0 Å². The molecular formula is C12H12N4O. The Labute approximate surface area is 98.1 Å². The topological polar surface area (TPSA) is 113 Å². The van der Waals surface area contributed by atoms with Crippen LogP contribution in [0.2, 0.25) is 0 Å². The van der Waals surface area contributed by atoms with Gasteiger partial charge in [-0.1, -0.05) is 6.07 Å². The third kappa shape index (κ3) is 2.03. The summed E-state index contributed by atoms with van der Waals surface area (Å²) in [5, 5.41) is 14.9. The molecule has 0 atom stereocenters. The van der Waals surface area contributed by atoms with Gasteiger partial charge in [-0.05, 0) is 24.3 Å². The Kier molecular flexibility index (Phi) is 2.66. The number of hydrogen-bond donors (Lipinski definition) is 4. The summed E-state index contributed by atoms with van der Waals surface area (Å²) in [5.41, 5.74) is 12.7. The molecule has 0 saturated heterocycles. The Morgan fingerprint density at radius 3 is 2.35 bits per heavy atom. The number of benzene rings is 1. The zero-order valence-corrected chi connectivity index (χ0v) is 9.03. The van der Waals surface area contributed by atoms with Crippen LogP contribution >= 0.6 is 0 Å². The van der Waals surface area contributed by atoms with Crippen LogP contribution < -0.4 is 11.5 Å². The molecule has 0 amide bonds. The Morgan fingerprint density at radius 2 is 1.82 bits per heavy atom. The summed E-state index contributed by atoms with van der Waals surface area (Å²) in [6, 6.07) is 8.61. The van der Waals surface area contributed by atoms with Gasteiger partial charge in [-0.25, -0.2) is 0 Å². The third-order valence-corrected chi connectivity index (χ3v) is 2.41. The molecule has 17 heavy (non-hydrogen) atoms. The Morgan fingerprint density at radius 1 is 1.06 bits per heavy atom. The molecule has 0 unspecified atom stereocenters. The van der Waals surface area contributed by atoms with Crippen molar-refractivity contribution >= 4 is 11.7 Å². The van der Waals surface area contributed by atoms with Crippen LogP contribution in [-0.4, -0.2) is 11.7 Å². The van der Waals surface area contributed by atoms with Gasteiger partial charge in [0.25, 0.3) is 0 Å². The summed E-state index contributed by atoms with van der Waals surface area (Å²) in [5.74, 6) is 0.489. The summed E-state index contributed by atoms with van der Waals surface area (Å²) >= 11 is 0. The van der Waals surface area contributed by atoms with E-state index in [-0.39, 0.29) is 11.7 Å². The smallest absolute Gasteiger partial charge is 0.134 e. The summed E-state index contributed by atoms with van der Waals surface area (Å²) < 4.78 is 5.27. The van der Waals surface area contributed by atoms with Crippen molar-refractivity contribution in [1.82, 2.24) is 0 Å². The first kappa shape index (κ1) is 10.9. The number of amidine groups is 2. The van der Waals surface area contributed by atoms with Gasteiger partial charge in [0.1, 0.15) is 17.4 Å². The van der Waals surface area contributed by atoms with E-state index in [1.807, 2.05) is 0 Å². The number of nitrogens with one attached hydrogen (secondary N) is 2. The standard InChI is InChI=1S/C12H12N4O/c13-11(14)7-3-4-8(9(6-7)12(15)16)10-2-1-5-17-10/h1-6H,(H3,13,14)(H3,15,16). The van der Waals surface area contributed by atoms with Crippen LogP contribution in [-0.2, 0) is 0 Å². The van der Waals surface area contributed by atoms with Crippen LogP contribution in [0.3, 0.4) is 0 Å². The quantitative estimate of drug-likeness (QED) is 0.471. The highest BCUT2D eigenvalue weighted by Crippen LogP contribution is 2.24. The highest BCUT2D eigenvalue weighted by molar-refractivity contribution is 6.04. The number of rotatable bonds is 3. The molecule has 0 aliphatic rings. The van der Waals surface area contributed by atoms with Gasteiger partial charge in [0.05, 0.1) is 6.26 Å². The molecule has 0 saturated carbocycles. The molecular weight excluding hydrogens is 216 g/mol. The van der Waals surface area contributed by atoms with E-state index >= 15 is 0 Å². The van der Waals surface area contributed by atoms with Gasteiger partial charge in [0.2, 0.25) is 0 Å². The van der Waals surface area contributed by atoms with Crippen molar-refractivity contribution in [2.75, 3.05) is 0 Å². The second kappa shape index (κ2) is 4.13. The van der Waals surface area contributed by atoms with Crippen LogP contribution in [0.1, 0.15) is 11.1 Å². The van der Waals surface area contributed by atoms with Gasteiger partial charge in [-0.2, -0.15) is 0 Å². The fourth-order valence-corrected chi connectivity index (χ4v) is 1.58. The van der Waals surface area contributed by atoms with E-state index in [1.165, 1.54) is 0 Å². The van der Waals surface area contributed by atoms with E-state index in [9.17, 15) is 0 Å². The first-order valence-electron chi connectivity index (χ1n) is 4.96. The normalized spacial score (nSPS) is 10.1. The van der Waals surface area contributed by atoms with Crippen molar-refractivity contribution in [3.05, 3.63) is 47.7 Å². The molecule has 0 bridgehead atoms. The lowest BCUT2D eigenvalue weighted by atomic mass is 10.0. The second-order valence-corrected chi connectivity index (χ2v) is 3.57. The molecule has 0 aliphatic heterocycles. The van der Waals surface area contributed by atoms with Crippen molar-refractivity contribution < 1.29 is 4.42 Å². The van der Waals surface area contributed by atoms with Crippen molar-refractivity contribution in [1.29, 1.82) is 10.8 Å². The zero-order valence-electron chi connectivity index (χ0n) is 9.03. The lowest BCUT2D eigenvalue weighted by Gasteiger charge is -2.08. The molecule has 1 aromatic heterocycles. The predicted octanol–water partition coefficient (Wildman–Crippen LogP) is 1.51. The lowest BCUT2D eigenvalue weighted by molar-refractivity contribution is 0.582. The Balaban J connectivity index is 2.61. The first-order valence-corrected chi connectivity index (χ1v) is 4.96. The van der Waals surface area contributed by atoms with E-state index in [4.69, 9.17) is 26.7 Å². The summed E-state index contributed by atoms with van der Waals surface area (Å²) in [6.07, 6.45) is 1.55. The molecule has 5 heteroatoms. The SMILES string of the molecule is N=C(N)c1ccc(-c2ccco2)c(C(=N)N)c1. The molecule has 2 rings (SSSR count). The molecule has 2 aromatic rings. The number of nitrogens with two attached hydrogens (primary N) is 2. The van der Waals surface area contributed by atoms with Crippen molar-refractivity contribution in [2.24, 2.45) is 11.5 Å².